The monoisotopic (exact) mass is 293 g/mol. The number of hydrogen-bond acceptors (Lipinski definition) is 2. The van der Waals surface area contributed by atoms with E-state index < -0.39 is 0 Å². The highest BCUT2D eigenvalue weighted by molar-refractivity contribution is 7.12. The molecular weight excluding hydrogens is 274 g/mol. The normalized spacial score (nSPS) is 12.6. The van der Waals surface area contributed by atoms with Crippen molar-refractivity contribution in [3.63, 3.8) is 0 Å². The molecule has 1 aromatic heterocycles. The van der Waals surface area contributed by atoms with Crippen molar-refractivity contribution in [1.29, 1.82) is 0 Å². The van der Waals surface area contributed by atoms with Crippen molar-refractivity contribution in [2.24, 2.45) is 0 Å². The highest BCUT2D eigenvalue weighted by Gasteiger charge is 2.08. The lowest BCUT2D eigenvalue weighted by atomic mass is 10.1. The number of thiophene rings is 1. The number of rotatable bonds is 5. The molecule has 1 heterocycles. The van der Waals surface area contributed by atoms with E-state index in [-0.39, 0.29) is 0 Å². The summed E-state index contributed by atoms with van der Waals surface area (Å²) in [6, 6.07) is 10.8. The lowest BCUT2D eigenvalue weighted by molar-refractivity contribution is 0.545. The summed E-state index contributed by atoms with van der Waals surface area (Å²) in [5.41, 5.74) is 2.62. The molecule has 2 rings (SSSR count). The van der Waals surface area contributed by atoms with Crippen molar-refractivity contribution in [2.45, 2.75) is 39.8 Å². The molecule has 19 heavy (non-hydrogen) atoms. The standard InChI is InChI=1S/C16H20ClNS/c1-11(8-14-6-4-5-7-16(14)17)18-10-15-9-12(2)19-13(15)3/h4-7,9,11,18H,8,10H2,1-3H3. The maximum Gasteiger partial charge on any atom is 0.0438 e. The van der Waals surface area contributed by atoms with Gasteiger partial charge in [0.2, 0.25) is 0 Å². The van der Waals surface area contributed by atoms with Gasteiger partial charge in [0, 0.05) is 27.4 Å². The van der Waals surface area contributed by atoms with Crippen LogP contribution in [0.1, 0.15) is 27.8 Å². The minimum absolute atomic E-state index is 0.416. The average molecular weight is 294 g/mol. The molecule has 0 saturated carbocycles. The van der Waals surface area contributed by atoms with E-state index in [1.54, 1.807) is 0 Å². The van der Waals surface area contributed by atoms with Crippen LogP contribution in [-0.2, 0) is 13.0 Å². The Labute approximate surface area is 124 Å². The molecule has 1 unspecified atom stereocenters. The summed E-state index contributed by atoms with van der Waals surface area (Å²) in [4.78, 5) is 2.79. The largest absolute Gasteiger partial charge is 0.310 e. The summed E-state index contributed by atoms with van der Waals surface area (Å²) in [7, 11) is 0. The van der Waals surface area contributed by atoms with Crippen LogP contribution < -0.4 is 5.32 Å². The zero-order chi connectivity index (χ0) is 13.8. The van der Waals surface area contributed by atoms with Gasteiger partial charge in [0.05, 0.1) is 0 Å². The summed E-state index contributed by atoms with van der Waals surface area (Å²) in [6.45, 7) is 7.49. The van der Waals surface area contributed by atoms with Crippen molar-refractivity contribution in [3.8, 4) is 0 Å². The predicted molar refractivity (Wildman–Crippen MR) is 85.3 cm³/mol. The Morgan fingerprint density at radius 3 is 2.58 bits per heavy atom. The second-order valence-electron chi connectivity index (χ2n) is 5.02. The topological polar surface area (TPSA) is 12.0 Å². The fraction of sp³-hybridized carbons (Fsp3) is 0.375. The molecule has 0 aliphatic rings. The van der Waals surface area contributed by atoms with E-state index in [9.17, 15) is 0 Å². The van der Waals surface area contributed by atoms with Crippen molar-refractivity contribution in [3.05, 3.63) is 56.2 Å². The molecule has 1 aromatic carbocycles. The number of halogens is 1. The van der Waals surface area contributed by atoms with Crippen LogP contribution in [0, 0.1) is 13.8 Å². The second-order valence-corrected chi connectivity index (χ2v) is 6.88. The molecule has 0 saturated heterocycles. The van der Waals surface area contributed by atoms with Crippen LogP contribution in [0.5, 0.6) is 0 Å². The van der Waals surface area contributed by atoms with Crippen LogP contribution >= 0.6 is 22.9 Å². The first-order valence-corrected chi connectivity index (χ1v) is 7.78. The van der Waals surface area contributed by atoms with Crippen LogP contribution in [0.3, 0.4) is 0 Å². The molecule has 3 heteroatoms. The Morgan fingerprint density at radius 1 is 1.21 bits per heavy atom. The number of nitrogens with one attached hydrogen (secondary N) is 1. The molecule has 102 valence electrons. The summed E-state index contributed by atoms with van der Waals surface area (Å²) in [5.74, 6) is 0. The van der Waals surface area contributed by atoms with E-state index in [1.807, 2.05) is 29.5 Å². The van der Waals surface area contributed by atoms with E-state index in [0.717, 1.165) is 18.0 Å². The fourth-order valence-electron chi connectivity index (χ4n) is 2.21. The Bertz CT molecular complexity index is 547. The molecule has 0 amide bonds. The Hall–Kier alpha value is -0.830. The summed E-state index contributed by atoms with van der Waals surface area (Å²) in [5, 5.41) is 4.44. The first-order chi connectivity index (χ1) is 9.06. The van der Waals surface area contributed by atoms with Gasteiger partial charge in [-0.2, -0.15) is 0 Å². The van der Waals surface area contributed by atoms with Crippen molar-refractivity contribution in [1.82, 2.24) is 5.32 Å². The van der Waals surface area contributed by atoms with Gasteiger partial charge in [0.15, 0.2) is 0 Å². The van der Waals surface area contributed by atoms with Crippen molar-refractivity contribution < 1.29 is 0 Å². The predicted octanol–water partition coefficient (Wildman–Crippen LogP) is 4.74. The molecule has 1 nitrogen and oxygen atoms in total. The van der Waals surface area contributed by atoms with Crippen LogP contribution in [0.15, 0.2) is 30.3 Å². The summed E-state index contributed by atoms with van der Waals surface area (Å²) in [6.07, 6.45) is 0.960. The molecule has 0 aliphatic carbocycles. The quantitative estimate of drug-likeness (QED) is 0.839. The van der Waals surface area contributed by atoms with Gasteiger partial charge in [-0.3, -0.25) is 0 Å². The number of benzene rings is 1. The fourth-order valence-corrected chi connectivity index (χ4v) is 3.37. The van der Waals surface area contributed by atoms with E-state index >= 15 is 0 Å². The van der Waals surface area contributed by atoms with Gasteiger partial charge in [-0.25, -0.2) is 0 Å². The molecule has 0 bridgehead atoms. The molecule has 0 spiro atoms. The summed E-state index contributed by atoms with van der Waals surface area (Å²) < 4.78 is 0. The van der Waals surface area contributed by atoms with Crippen LogP contribution in [0.25, 0.3) is 0 Å². The molecule has 0 aliphatic heterocycles. The van der Waals surface area contributed by atoms with Crippen molar-refractivity contribution >= 4 is 22.9 Å². The minimum atomic E-state index is 0.416. The Balaban J connectivity index is 1.90. The first kappa shape index (κ1) is 14.6. The lowest BCUT2D eigenvalue weighted by Gasteiger charge is -2.14. The molecule has 0 radical (unpaired) electrons. The zero-order valence-corrected chi connectivity index (χ0v) is 13.2. The highest BCUT2D eigenvalue weighted by Crippen LogP contribution is 2.21. The Kier molecular flexibility index (Phi) is 5.03. The lowest BCUT2D eigenvalue weighted by Crippen LogP contribution is -2.27. The van der Waals surface area contributed by atoms with Gasteiger partial charge in [-0.15, -0.1) is 11.3 Å². The smallest absolute Gasteiger partial charge is 0.0438 e. The highest BCUT2D eigenvalue weighted by atomic mass is 35.5. The molecule has 0 fully saturated rings. The van der Waals surface area contributed by atoms with Gasteiger partial charge in [-0.05, 0) is 50.5 Å². The average Bonchev–Trinajstić information content (AvgIpc) is 2.68. The van der Waals surface area contributed by atoms with Gasteiger partial charge in [0.25, 0.3) is 0 Å². The van der Waals surface area contributed by atoms with Crippen LogP contribution in [0.4, 0.5) is 0 Å². The third-order valence-corrected chi connectivity index (χ3v) is 4.65. The summed E-state index contributed by atoms with van der Waals surface area (Å²) >= 11 is 8.05. The molecular formula is C16H20ClNS. The van der Waals surface area contributed by atoms with E-state index in [0.29, 0.717) is 6.04 Å². The van der Waals surface area contributed by atoms with Crippen molar-refractivity contribution in [2.75, 3.05) is 0 Å². The van der Waals surface area contributed by atoms with Gasteiger partial charge >= 0.3 is 0 Å². The second kappa shape index (κ2) is 6.56. The zero-order valence-electron chi connectivity index (χ0n) is 11.7. The SMILES string of the molecule is Cc1cc(CNC(C)Cc2ccccc2Cl)c(C)s1. The molecule has 2 aromatic rings. The number of hydrogen-bond donors (Lipinski definition) is 1. The maximum atomic E-state index is 6.19. The van der Waals surface area contributed by atoms with E-state index in [4.69, 9.17) is 11.6 Å². The van der Waals surface area contributed by atoms with E-state index in [2.05, 4.69) is 38.2 Å². The van der Waals surface area contributed by atoms with Crippen LogP contribution in [0.2, 0.25) is 5.02 Å². The first-order valence-electron chi connectivity index (χ1n) is 6.59. The molecule has 1 atom stereocenters. The number of aryl methyl sites for hydroxylation is 2. The van der Waals surface area contributed by atoms with Gasteiger partial charge in [-0.1, -0.05) is 29.8 Å². The minimum Gasteiger partial charge on any atom is -0.310 e. The molecule has 1 N–H and O–H groups in total. The van der Waals surface area contributed by atoms with Crippen LogP contribution in [-0.4, -0.2) is 6.04 Å². The Morgan fingerprint density at radius 2 is 1.95 bits per heavy atom. The van der Waals surface area contributed by atoms with Gasteiger partial charge in [0.1, 0.15) is 0 Å². The van der Waals surface area contributed by atoms with Gasteiger partial charge < -0.3 is 5.32 Å². The third kappa shape index (κ3) is 4.07. The maximum absolute atomic E-state index is 6.19. The van der Waals surface area contributed by atoms with E-state index in [1.165, 1.54) is 20.9 Å². The third-order valence-electron chi connectivity index (χ3n) is 3.27.